The minimum Gasteiger partial charge on any atom is -0.493 e. The average Bonchev–Trinajstić information content (AvgIpc) is 3.42. The lowest BCUT2D eigenvalue weighted by Gasteiger charge is -2.18. The summed E-state index contributed by atoms with van der Waals surface area (Å²) in [5.41, 5.74) is 8.03. The van der Waals surface area contributed by atoms with Crippen molar-refractivity contribution in [1.29, 1.82) is 0 Å². The molecule has 0 unspecified atom stereocenters. The fraction of sp³-hybridized carbons (Fsp3) is 0.273. The van der Waals surface area contributed by atoms with Gasteiger partial charge in [0.1, 0.15) is 18.0 Å². The summed E-state index contributed by atoms with van der Waals surface area (Å²) in [7, 11) is 3.22. The van der Waals surface area contributed by atoms with Crippen LogP contribution in [0, 0.1) is 6.92 Å². The number of urea groups is 1. The fourth-order valence-corrected chi connectivity index (χ4v) is 5.56. The molecule has 44 heavy (non-hydrogen) atoms. The van der Waals surface area contributed by atoms with Crippen molar-refractivity contribution >= 4 is 34.4 Å². The van der Waals surface area contributed by atoms with Crippen LogP contribution in [0.1, 0.15) is 31.9 Å². The van der Waals surface area contributed by atoms with Crippen molar-refractivity contribution < 1.29 is 19.0 Å². The molecule has 0 radical (unpaired) electrons. The lowest BCUT2D eigenvalue weighted by atomic mass is 9.85. The maximum absolute atomic E-state index is 13.0. The Morgan fingerprint density at radius 2 is 1.80 bits per heavy atom. The number of benzene rings is 3. The van der Waals surface area contributed by atoms with E-state index in [2.05, 4.69) is 60.5 Å². The van der Waals surface area contributed by atoms with Gasteiger partial charge >= 0.3 is 6.03 Å². The van der Waals surface area contributed by atoms with Crippen LogP contribution in [0.25, 0.3) is 22.2 Å². The second kappa shape index (κ2) is 13.4. The molecule has 0 aliphatic heterocycles. The van der Waals surface area contributed by atoms with E-state index < -0.39 is 6.03 Å². The molecular weight excluding hydrogens is 576 g/mol. The zero-order valence-corrected chi connectivity index (χ0v) is 26.5. The number of rotatable bonds is 10. The van der Waals surface area contributed by atoms with Gasteiger partial charge in [0, 0.05) is 40.3 Å². The Morgan fingerprint density at radius 3 is 2.55 bits per heavy atom. The monoisotopic (exact) mass is 612 g/mol. The zero-order chi connectivity index (χ0) is 31.3. The molecule has 2 N–H and O–H groups in total. The molecule has 0 spiro atoms. The van der Waals surface area contributed by atoms with Gasteiger partial charge in [-0.05, 0) is 42.7 Å². The quantitative estimate of drug-likeness (QED) is 0.127. The highest BCUT2D eigenvalue weighted by atomic mass is 32.2. The molecule has 2 amide bonds. The summed E-state index contributed by atoms with van der Waals surface area (Å²) in [5.74, 6) is 1.16. The second-order valence-corrected chi connectivity index (χ2v) is 12.3. The average molecular weight is 613 g/mol. The van der Waals surface area contributed by atoms with Crippen LogP contribution in [0.4, 0.5) is 10.5 Å². The van der Waals surface area contributed by atoms with Crippen LogP contribution in [0.3, 0.4) is 0 Å². The van der Waals surface area contributed by atoms with E-state index in [-0.39, 0.29) is 5.41 Å². The third-order valence-electron chi connectivity index (χ3n) is 6.77. The van der Waals surface area contributed by atoms with Gasteiger partial charge in [-0.3, -0.25) is 0 Å². The lowest BCUT2D eigenvalue weighted by molar-refractivity contribution is 0.144. The van der Waals surface area contributed by atoms with Gasteiger partial charge < -0.3 is 19.5 Å². The first-order chi connectivity index (χ1) is 21.1. The number of carbonyl (C=O) groups is 1. The van der Waals surface area contributed by atoms with Crippen molar-refractivity contribution in [2.24, 2.45) is 0 Å². The van der Waals surface area contributed by atoms with Gasteiger partial charge in [-0.2, -0.15) is 9.89 Å². The van der Waals surface area contributed by atoms with E-state index in [9.17, 15) is 4.79 Å². The number of aryl methyl sites for hydroxylation is 1. The molecule has 2 aromatic heterocycles. The molecule has 0 saturated heterocycles. The molecule has 0 aliphatic rings. The summed E-state index contributed by atoms with van der Waals surface area (Å²) in [6.45, 7) is 9.29. The van der Waals surface area contributed by atoms with Gasteiger partial charge in [0.2, 0.25) is 0 Å². The van der Waals surface area contributed by atoms with Gasteiger partial charge in [-0.25, -0.2) is 20.2 Å². The number of nitrogens with zero attached hydrogens (tertiary/aromatic N) is 4. The van der Waals surface area contributed by atoms with Crippen molar-refractivity contribution in [3.05, 3.63) is 84.3 Å². The van der Waals surface area contributed by atoms with Crippen LogP contribution in [0.2, 0.25) is 0 Å². The van der Waals surface area contributed by atoms with Gasteiger partial charge in [0.25, 0.3) is 0 Å². The Morgan fingerprint density at radius 1 is 0.977 bits per heavy atom. The highest BCUT2D eigenvalue weighted by molar-refractivity contribution is 7.99. The minimum absolute atomic E-state index is 0.172. The van der Waals surface area contributed by atoms with E-state index >= 15 is 0 Å². The number of hydrogen-bond donors (Lipinski definition) is 2. The smallest absolute Gasteiger partial charge is 0.339 e. The number of methoxy groups -OCH3 is 2. The molecule has 0 atom stereocenters. The van der Waals surface area contributed by atoms with Crippen molar-refractivity contribution in [2.45, 2.75) is 43.0 Å². The van der Waals surface area contributed by atoms with Crippen LogP contribution < -0.4 is 20.2 Å². The summed E-state index contributed by atoms with van der Waals surface area (Å²) < 4.78 is 16.5. The highest BCUT2D eigenvalue weighted by Crippen LogP contribution is 2.38. The number of aromatic nitrogens is 4. The minimum atomic E-state index is -0.413. The van der Waals surface area contributed by atoms with Crippen molar-refractivity contribution in [3.8, 4) is 22.8 Å². The standard InChI is InChI=1S/C33H36N6O4S/c1-21-9-7-10-22(15-21)30-26(33(2,3)4)19-39(37-30)38-32(40)36-23-11-8-12-24(16-23)44-31-25-17-28(42-6)29(43-14-13-41-5)18-27(25)34-20-35-31/h7-12,15-20H,13-14H2,1-6H3,(H2,36,38,40). The Hall–Kier alpha value is -4.61. The second-order valence-electron chi connectivity index (χ2n) is 11.2. The number of ether oxygens (including phenoxy) is 3. The Bertz CT molecular complexity index is 1780. The summed E-state index contributed by atoms with van der Waals surface area (Å²) in [4.78, 5) is 24.3. The van der Waals surface area contributed by atoms with Crippen LogP contribution in [0.5, 0.6) is 11.5 Å². The first-order valence-corrected chi connectivity index (χ1v) is 14.9. The molecule has 0 bridgehead atoms. The molecule has 5 aromatic rings. The predicted molar refractivity (Wildman–Crippen MR) is 174 cm³/mol. The molecule has 3 aromatic carbocycles. The third-order valence-corrected chi connectivity index (χ3v) is 7.77. The molecule has 2 heterocycles. The Balaban J connectivity index is 1.32. The lowest BCUT2D eigenvalue weighted by Crippen LogP contribution is -2.28. The number of anilines is 1. The number of hydrogen-bond acceptors (Lipinski definition) is 8. The molecule has 11 heteroatoms. The van der Waals surface area contributed by atoms with Crippen molar-refractivity contribution in [2.75, 3.05) is 38.2 Å². The summed E-state index contributed by atoms with van der Waals surface area (Å²) in [5, 5.41) is 9.20. The Labute approximate surface area is 261 Å². The molecule has 5 rings (SSSR count). The van der Waals surface area contributed by atoms with Crippen LogP contribution in [0.15, 0.2) is 83.1 Å². The van der Waals surface area contributed by atoms with E-state index in [1.807, 2.05) is 54.7 Å². The molecule has 0 aliphatic carbocycles. The fourth-order valence-electron chi connectivity index (χ4n) is 4.63. The van der Waals surface area contributed by atoms with Gasteiger partial charge in [0.15, 0.2) is 11.5 Å². The van der Waals surface area contributed by atoms with Crippen LogP contribution in [-0.2, 0) is 10.2 Å². The topological polar surface area (TPSA) is 112 Å². The number of amides is 2. The van der Waals surface area contributed by atoms with Crippen LogP contribution >= 0.6 is 11.8 Å². The third kappa shape index (κ3) is 7.29. The molecule has 10 nitrogen and oxygen atoms in total. The van der Waals surface area contributed by atoms with Gasteiger partial charge in [-0.15, -0.1) is 0 Å². The van der Waals surface area contributed by atoms with Gasteiger partial charge in [0.05, 0.1) is 31.1 Å². The van der Waals surface area contributed by atoms with Gasteiger partial charge in [-0.1, -0.05) is 62.4 Å². The maximum atomic E-state index is 13.0. The normalized spacial score (nSPS) is 11.4. The maximum Gasteiger partial charge on any atom is 0.339 e. The van der Waals surface area contributed by atoms with E-state index in [4.69, 9.17) is 19.3 Å². The SMILES string of the molecule is COCCOc1cc2ncnc(Sc3cccc(NC(=O)Nn4cc(C(C)(C)C)c(-c5cccc(C)c5)n4)c3)c2cc1OC. The van der Waals surface area contributed by atoms with Crippen molar-refractivity contribution in [1.82, 2.24) is 19.9 Å². The Kier molecular flexibility index (Phi) is 9.36. The number of fused-ring (bicyclic) bond motifs is 1. The van der Waals surface area contributed by atoms with Crippen LogP contribution in [-0.4, -0.2) is 53.3 Å². The number of nitrogens with one attached hydrogen (secondary N) is 2. The van der Waals surface area contributed by atoms with E-state index in [0.29, 0.717) is 30.4 Å². The first-order valence-electron chi connectivity index (χ1n) is 14.1. The highest BCUT2D eigenvalue weighted by Gasteiger charge is 2.23. The molecule has 0 fully saturated rings. The summed E-state index contributed by atoms with van der Waals surface area (Å²) in [6, 6.07) is 19.0. The first kappa shape index (κ1) is 30.8. The molecule has 228 valence electrons. The molecular formula is C33H36N6O4S. The van der Waals surface area contributed by atoms with E-state index in [1.54, 1.807) is 14.2 Å². The molecule has 0 saturated carbocycles. The predicted octanol–water partition coefficient (Wildman–Crippen LogP) is 7.06. The zero-order valence-electron chi connectivity index (χ0n) is 25.7. The summed E-state index contributed by atoms with van der Waals surface area (Å²) >= 11 is 1.46. The summed E-state index contributed by atoms with van der Waals surface area (Å²) in [6.07, 6.45) is 3.39. The number of carbonyl (C=O) groups excluding carboxylic acids is 1. The van der Waals surface area contributed by atoms with E-state index in [1.165, 1.54) is 22.9 Å². The van der Waals surface area contributed by atoms with Crippen molar-refractivity contribution in [3.63, 3.8) is 0 Å². The van der Waals surface area contributed by atoms with E-state index in [0.717, 1.165) is 43.2 Å². The largest absolute Gasteiger partial charge is 0.493 e.